The van der Waals surface area contributed by atoms with Gasteiger partial charge in [-0.1, -0.05) is 53.6 Å². The molecule has 3 rings (SSSR count). The Bertz CT molecular complexity index is 957. The summed E-state index contributed by atoms with van der Waals surface area (Å²) in [6, 6.07) is 17.5. The molecule has 1 aromatic heterocycles. The summed E-state index contributed by atoms with van der Waals surface area (Å²) in [6.45, 7) is 5.01. The monoisotopic (exact) mass is 394 g/mol. The van der Waals surface area contributed by atoms with E-state index in [0.717, 1.165) is 16.8 Å². The van der Waals surface area contributed by atoms with Crippen LogP contribution in [0.15, 0.2) is 54.6 Å². The topological polar surface area (TPSA) is 66.9 Å². The first-order chi connectivity index (χ1) is 13.5. The second-order valence-corrected chi connectivity index (χ2v) is 7.13. The lowest BCUT2D eigenvalue weighted by Crippen LogP contribution is -2.27. The lowest BCUT2D eigenvalue weighted by atomic mass is 10.1. The number of aromatic nitrogens is 2. The summed E-state index contributed by atoms with van der Waals surface area (Å²) in [6.07, 6.45) is 0.703. The number of hydrogen-bond donors (Lipinski definition) is 2. The number of carbonyl (C=O) groups excluding carboxylic acids is 1. The van der Waals surface area contributed by atoms with Crippen molar-refractivity contribution in [2.45, 2.75) is 26.8 Å². The molecule has 0 saturated carbocycles. The molecular weight excluding hydrogens is 372 g/mol. The van der Waals surface area contributed by atoms with Crippen LogP contribution < -0.4 is 10.6 Å². The van der Waals surface area contributed by atoms with Crippen molar-refractivity contribution in [3.63, 3.8) is 0 Å². The Morgan fingerprint density at radius 1 is 1.00 bits per heavy atom. The largest absolute Gasteiger partial charge is 0.350 e. The van der Waals surface area contributed by atoms with E-state index in [-0.39, 0.29) is 5.91 Å². The van der Waals surface area contributed by atoms with Gasteiger partial charge in [0, 0.05) is 23.8 Å². The highest BCUT2D eigenvalue weighted by atomic mass is 35.5. The van der Waals surface area contributed by atoms with Gasteiger partial charge in [0.05, 0.1) is 0 Å². The van der Waals surface area contributed by atoms with Crippen molar-refractivity contribution in [1.82, 2.24) is 15.3 Å². The summed E-state index contributed by atoms with van der Waals surface area (Å²) >= 11 is 5.99. The van der Waals surface area contributed by atoms with E-state index in [2.05, 4.69) is 51.8 Å². The molecule has 0 aliphatic carbocycles. The number of nitrogens with one attached hydrogen (secondary N) is 2. The summed E-state index contributed by atoms with van der Waals surface area (Å²) in [5, 5.41) is 6.78. The molecule has 0 unspecified atom stereocenters. The van der Waals surface area contributed by atoms with Crippen LogP contribution in [0.3, 0.4) is 0 Å². The first kappa shape index (κ1) is 19.8. The van der Waals surface area contributed by atoms with Crippen LogP contribution in [0.5, 0.6) is 0 Å². The van der Waals surface area contributed by atoms with Crippen molar-refractivity contribution in [1.29, 1.82) is 0 Å². The fraction of sp³-hybridized carbons (Fsp3) is 0.227. The third-order valence-electron chi connectivity index (χ3n) is 4.25. The standard InChI is InChI=1S/C22H23ClN4O/c1-15-6-8-18(9-7-15)14-25-22-26-16(2)12-20(27-22)21(28)24-11-10-17-4-3-5-19(23)13-17/h3-9,12-13H,10-11,14H2,1-2H3,(H,24,28)(H,25,26,27). The number of benzene rings is 2. The molecule has 6 heteroatoms. The number of aryl methyl sites for hydroxylation is 2. The summed E-state index contributed by atoms with van der Waals surface area (Å²) in [5.74, 6) is 0.228. The van der Waals surface area contributed by atoms with Crippen molar-refractivity contribution < 1.29 is 4.79 Å². The van der Waals surface area contributed by atoms with Gasteiger partial charge in [-0.05, 0) is 49.6 Å². The van der Waals surface area contributed by atoms with Gasteiger partial charge in [-0.2, -0.15) is 0 Å². The smallest absolute Gasteiger partial charge is 0.270 e. The van der Waals surface area contributed by atoms with E-state index >= 15 is 0 Å². The van der Waals surface area contributed by atoms with Crippen molar-refractivity contribution >= 4 is 23.5 Å². The molecule has 2 N–H and O–H groups in total. The molecule has 0 spiro atoms. The van der Waals surface area contributed by atoms with Crippen molar-refractivity contribution in [3.05, 3.63) is 87.7 Å². The summed E-state index contributed by atoms with van der Waals surface area (Å²) in [4.78, 5) is 21.2. The molecule has 0 bridgehead atoms. The van der Waals surface area contributed by atoms with Crippen LogP contribution in [-0.4, -0.2) is 22.4 Å². The minimum atomic E-state index is -0.217. The Morgan fingerprint density at radius 2 is 1.79 bits per heavy atom. The second kappa shape index (κ2) is 9.33. The van der Waals surface area contributed by atoms with E-state index in [4.69, 9.17) is 11.6 Å². The van der Waals surface area contributed by atoms with Crippen LogP contribution in [-0.2, 0) is 13.0 Å². The van der Waals surface area contributed by atoms with Gasteiger partial charge in [-0.15, -0.1) is 0 Å². The molecule has 1 amide bonds. The molecule has 5 nitrogen and oxygen atoms in total. The van der Waals surface area contributed by atoms with E-state index < -0.39 is 0 Å². The molecule has 0 radical (unpaired) electrons. The predicted molar refractivity (Wildman–Crippen MR) is 113 cm³/mol. The third kappa shape index (κ3) is 5.79. The summed E-state index contributed by atoms with van der Waals surface area (Å²) in [5.41, 5.74) is 4.51. The molecule has 28 heavy (non-hydrogen) atoms. The highest BCUT2D eigenvalue weighted by molar-refractivity contribution is 6.30. The van der Waals surface area contributed by atoms with Crippen molar-refractivity contribution in [2.24, 2.45) is 0 Å². The predicted octanol–water partition coefficient (Wildman–Crippen LogP) is 4.33. The van der Waals surface area contributed by atoms with Gasteiger partial charge in [0.25, 0.3) is 5.91 Å². The average molecular weight is 395 g/mol. The van der Waals surface area contributed by atoms with Gasteiger partial charge in [-0.25, -0.2) is 9.97 Å². The second-order valence-electron chi connectivity index (χ2n) is 6.69. The van der Waals surface area contributed by atoms with E-state index in [1.165, 1.54) is 5.56 Å². The Morgan fingerprint density at radius 3 is 2.54 bits per heavy atom. The lowest BCUT2D eigenvalue weighted by molar-refractivity contribution is 0.0949. The zero-order chi connectivity index (χ0) is 19.9. The fourth-order valence-corrected chi connectivity index (χ4v) is 2.97. The molecule has 0 atom stereocenters. The fourth-order valence-electron chi connectivity index (χ4n) is 2.75. The van der Waals surface area contributed by atoms with E-state index in [1.54, 1.807) is 6.07 Å². The normalized spacial score (nSPS) is 10.5. The molecule has 0 aliphatic heterocycles. The van der Waals surface area contributed by atoms with Gasteiger partial charge in [0.15, 0.2) is 0 Å². The molecular formula is C22H23ClN4O. The highest BCUT2D eigenvalue weighted by Gasteiger charge is 2.10. The maximum absolute atomic E-state index is 12.5. The van der Waals surface area contributed by atoms with Gasteiger partial charge in [-0.3, -0.25) is 4.79 Å². The molecule has 2 aromatic carbocycles. The summed E-state index contributed by atoms with van der Waals surface area (Å²) in [7, 11) is 0. The van der Waals surface area contributed by atoms with Gasteiger partial charge in [0.1, 0.15) is 5.69 Å². The first-order valence-electron chi connectivity index (χ1n) is 9.17. The minimum Gasteiger partial charge on any atom is -0.350 e. The first-order valence-corrected chi connectivity index (χ1v) is 9.55. The molecule has 0 aliphatic rings. The van der Waals surface area contributed by atoms with Crippen molar-refractivity contribution in [3.8, 4) is 0 Å². The summed E-state index contributed by atoms with van der Waals surface area (Å²) < 4.78 is 0. The quantitative estimate of drug-likeness (QED) is 0.625. The molecule has 1 heterocycles. The minimum absolute atomic E-state index is 0.217. The average Bonchev–Trinajstić information content (AvgIpc) is 2.67. The van der Waals surface area contributed by atoms with Crippen LogP contribution >= 0.6 is 11.6 Å². The maximum atomic E-state index is 12.5. The van der Waals surface area contributed by atoms with Crippen LogP contribution in [0.4, 0.5) is 5.95 Å². The maximum Gasteiger partial charge on any atom is 0.270 e. The number of halogens is 1. The zero-order valence-corrected chi connectivity index (χ0v) is 16.8. The van der Waals surface area contributed by atoms with Crippen LogP contribution in [0.2, 0.25) is 5.02 Å². The molecule has 0 saturated heterocycles. The van der Waals surface area contributed by atoms with E-state index in [9.17, 15) is 4.79 Å². The Hall–Kier alpha value is -2.92. The van der Waals surface area contributed by atoms with Crippen LogP contribution in [0.25, 0.3) is 0 Å². The molecule has 0 fully saturated rings. The number of carbonyl (C=O) groups is 1. The number of amides is 1. The Balaban J connectivity index is 1.58. The number of hydrogen-bond acceptors (Lipinski definition) is 4. The van der Waals surface area contributed by atoms with E-state index in [1.807, 2.05) is 31.2 Å². The van der Waals surface area contributed by atoms with Crippen LogP contribution in [0.1, 0.15) is 32.9 Å². The van der Waals surface area contributed by atoms with Gasteiger partial charge in [0.2, 0.25) is 5.95 Å². The zero-order valence-electron chi connectivity index (χ0n) is 16.0. The van der Waals surface area contributed by atoms with Crippen LogP contribution in [0, 0.1) is 13.8 Å². The third-order valence-corrected chi connectivity index (χ3v) is 4.48. The molecule has 144 valence electrons. The van der Waals surface area contributed by atoms with Gasteiger partial charge < -0.3 is 10.6 Å². The number of rotatable bonds is 7. The van der Waals surface area contributed by atoms with E-state index in [0.29, 0.717) is 36.2 Å². The number of nitrogens with zero attached hydrogens (tertiary/aromatic N) is 2. The number of anilines is 1. The SMILES string of the molecule is Cc1ccc(CNc2nc(C)cc(C(=O)NCCc3cccc(Cl)c3)n2)cc1. The Labute approximate surface area is 170 Å². The Kier molecular flexibility index (Phi) is 6.61. The molecule has 3 aromatic rings. The highest BCUT2D eigenvalue weighted by Crippen LogP contribution is 2.11. The lowest BCUT2D eigenvalue weighted by Gasteiger charge is -2.09. The van der Waals surface area contributed by atoms with Gasteiger partial charge >= 0.3 is 0 Å². The van der Waals surface area contributed by atoms with Crippen molar-refractivity contribution in [2.75, 3.05) is 11.9 Å².